The Labute approximate surface area is 146 Å². The summed E-state index contributed by atoms with van der Waals surface area (Å²) in [7, 11) is 0. The third-order valence-corrected chi connectivity index (χ3v) is 3.36. The van der Waals surface area contributed by atoms with Crippen molar-refractivity contribution in [2.45, 2.75) is 26.4 Å². The maximum atomic E-state index is 14.6. The van der Waals surface area contributed by atoms with Crippen LogP contribution < -0.4 is 10.1 Å². The van der Waals surface area contributed by atoms with Crippen LogP contribution in [0.3, 0.4) is 0 Å². The average Bonchev–Trinajstić information content (AvgIpc) is 2.46. The van der Waals surface area contributed by atoms with E-state index in [1.807, 2.05) is 0 Å². The lowest BCUT2D eigenvalue weighted by molar-refractivity contribution is 0.0635. The molecule has 0 atom stereocenters. The van der Waals surface area contributed by atoms with Gasteiger partial charge >= 0.3 is 6.09 Å². The number of carbonyl (C=O) groups excluding carboxylic acids is 1. The normalized spacial score (nSPS) is 11.1. The molecule has 1 N–H and O–H groups in total. The highest BCUT2D eigenvalue weighted by molar-refractivity contribution is 9.10. The number of hydrogen-bond acceptors (Lipinski definition) is 3. The topological polar surface area (TPSA) is 47.6 Å². The smallest absolute Gasteiger partial charge is 0.412 e. The predicted molar refractivity (Wildman–Crippen MR) is 90.4 cm³/mol. The minimum Gasteiger partial charge on any atom is -0.450 e. The number of ether oxygens (including phenoxy) is 2. The van der Waals surface area contributed by atoms with Gasteiger partial charge in [-0.1, -0.05) is 12.1 Å². The molecule has 2 aromatic rings. The van der Waals surface area contributed by atoms with Crippen LogP contribution in [0.4, 0.5) is 19.3 Å². The second-order valence-corrected chi connectivity index (χ2v) is 6.75. The quantitative estimate of drug-likeness (QED) is 0.702. The van der Waals surface area contributed by atoms with Crippen molar-refractivity contribution in [2.75, 3.05) is 5.32 Å². The molecule has 128 valence electrons. The third-order valence-electron chi connectivity index (χ3n) is 2.73. The zero-order valence-electron chi connectivity index (χ0n) is 13.3. The van der Waals surface area contributed by atoms with Gasteiger partial charge in [0, 0.05) is 0 Å². The molecule has 0 aliphatic rings. The molecule has 2 rings (SSSR count). The van der Waals surface area contributed by atoms with Crippen LogP contribution in [-0.4, -0.2) is 11.7 Å². The molecule has 0 aliphatic heterocycles. The molecule has 0 unspecified atom stereocenters. The van der Waals surface area contributed by atoms with Crippen molar-refractivity contribution in [3.63, 3.8) is 0 Å². The van der Waals surface area contributed by atoms with E-state index >= 15 is 0 Å². The lowest BCUT2D eigenvalue weighted by Gasteiger charge is -2.20. The summed E-state index contributed by atoms with van der Waals surface area (Å²) >= 11 is 3.15. The van der Waals surface area contributed by atoms with E-state index < -0.39 is 23.3 Å². The van der Waals surface area contributed by atoms with Crippen molar-refractivity contribution in [3.8, 4) is 11.5 Å². The van der Waals surface area contributed by atoms with Gasteiger partial charge in [0.25, 0.3) is 0 Å². The highest BCUT2D eigenvalue weighted by Crippen LogP contribution is 2.37. The zero-order chi connectivity index (χ0) is 17.9. The van der Waals surface area contributed by atoms with Crippen LogP contribution in [0.25, 0.3) is 0 Å². The number of rotatable bonds is 3. The van der Waals surface area contributed by atoms with Crippen molar-refractivity contribution >= 4 is 27.7 Å². The monoisotopic (exact) mass is 399 g/mol. The number of para-hydroxylation sites is 1. The first-order valence-electron chi connectivity index (χ1n) is 7.08. The largest absolute Gasteiger partial charge is 0.450 e. The standard InChI is InChI=1S/C17H16BrF2NO3/c1-17(2,3)24-16(22)21-12-9-8-10(18)15(14(12)20)23-13-7-5-4-6-11(13)19/h4-9H,1-3H3,(H,21,22). The number of hydrogen-bond donors (Lipinski definition) is 1. The Bertz CT molecular complexity index is 760. The summed E-state index contributed by atoms with van der Waals surface area (Å²) in [6, 6.07) is 8.45. The summed E-state index contributed by atoms with van der Waals surface area (Å²) < 4.78 is 38.9. The molecule has 0 aromatic heterocycles. The lowest BCUT2D eigenvalue weighted by Crippen LogP contribution is -2.27. The van der Waals surface area contributed by atoms with Gasteiger partial charge in [-0.25, -0.2) is 13.6 Å². The fourth-order valence-electron chi connectivity index (χ4n) is 1.77. The zero-order valence-corrected chi connectivity index (χ0v) is 14.9. The minimum absolute atomic E-state index is 0.133. The van der Waals surface area contributed by atoms with Crippen LogP contribution >= 0.6 is 15.9 Å². The van der Waals surface area contributed by atoms with E-state index in [0.717, 1.165) is 0 Å². The Balaban J connectivity index is 2.27. The number of carbonyl (C=O) groups is 1. The highest BCUT2D eigenvalue weighted by atomic mass is 79.9. The Morgan fingerprint density at radius 1 is 1.12 bits per heavy atom. The van der Waals surface area contributed by atoms with Gasteiger partial charge in [-0.2, -0.15) is 0 Å². The number of halogens is 3. The Hall–Kier alpha value is -2.15. The summed E-state index contributed by atoms with van der Waals surface area (Å²) in [4.78, 5) is 11.8. The van der Waals surface area contributed by atoms with E-state index in [1.165, 1.54) is 30.3 Å². The van der Waals surface area contributed by atoms with Gasteiger partial charge in [0.05, 0.1) is 10.2 Å². The predicted octanol–water partition coefficient (Wildman–Crippen LogP) is 5.87. The minimum atomic E-state index is -0.849. The van der Waals surface area contributed by atoms with Gasteiger partial charge in [-0.05, 0) is 61.0 Å². The molecule has 1 amide bonds. The number of anilines is 1. The molecule has 4 nitrogen and oxygen atoms in total. The summed E-state index contributed by atoms with van der Waals surface area (Å²) in [6.45, 7) is 5.08. The Morgan fingerprint density at radius 3 is 2.42 bits per heavy atom. The fourth-order valence-corrected chi connectivity index (χ4v) is 2.16. The lowest BCUT2D eigenvalue weighted by atomic mass is 10.2. The first-order chi connectivity index (χ1) is 11.2. The fraction of sp³-hybridized carbons (Fsp3) is 0.235. The summed E-state index contributed by atoms with van der Waals surface area (Å²) in [6.07, 6.45) is -0.805. The van der Waals surface area contributed by atoms with Crippen molar-refractivity contribution < 1.29 is 23.0 Å². The van der Waals surface area contributed by atoms with Crippen molar-refractivity contribution in [1.29, 1.82) is 0 Å². The molecule has 0 spiro atoms. The van der Waals surface area contributed by atoms with Crippen LogP contribution in [0.15, 0.2) is 40.9 Å². The maximum Gasteiger partial charge on any atom is 0.412 e. The summed E-state index contributed by atoms with van der Waals surface area (Å²) in [5, 5.41) is 2.30. The maximum absolute atomic E-state index is 14.6. The highest BCUT2D eigenvalue weighted by Gasteiger charge is 2.20. The molecule has 0 saturated carbocycles. The van der Waals surface area contributed by atoms with Crippen molar-refractivity contribution in [1.82, 2.24) is 0 Å². The molecule has 0 bridgehead atoms. The van der Waals surface area contributed by atoms with E-state index in [2.05, 4.69) is 21.2 Å². The second kappa shape index (κ2) is 7.17. The Kier molecular flexibility index (Phi) is 5.43. The van der Waals surface area contributed by atoms with E-state index in [1.54, 1.807) is 26.8 Å². The van der Waals surface area contributed by atoms with Gasteiger partial charge in [-0.3, -0.25) is 5.32 Å². The van der Waals surface area contributed by atoms with Gasteiger partial charge in [0.15, 0.2) is 23.1 Å². The van der Waals surface area contributed by atoms with Gasteiger partial charge in [0.1, 0.15) is 5.60 Å². The molecule has 0 heterocycles. The second-order valence-electron chi connectivity index (χ2n) is 5.90. The number of nitrogens with one attached hydrogen (secondary N) is 1. The SMILES string of the molecule is CC(C)(C)OC(=O)Nc1ccc(Br)c(Oc2ccccc2F)c1F. The van der Waals surface area contributed by atoms with E-state index in [9.17, 15) is 13.6 Å². The first kappa shape index (κ1) is 18.2. The Morgan fingerprint density at radius 2 is 1.79 bits per heavy atom. The van der Waals surface area contributed by atoms with Crippen LogP contribution in [0, 0.1) is 11.6 Å². The van der Waals surface area contributed by atoms with Gasteiger partial charge < -0.3 is 9.47 Å². The van der Waals surface area contributed by atoms with Crippen LogP contribution in [0.5, 0.6) is 11.5 Å². The van der Waals surface area contributed by atoms with Gasteiger partial charge in [0.2, 0.25) is 0 Å². The molecule has 24 heavy (non-hydrogen) atoms. The third kappa shape index (κ3) is 4.67. The molecular weight excluding hydrogens is 384 g/mol. The number of amides is 1. The molecule has 2 aromatic carbocycles. The first-order valence-corrected chi connectivity index (χ1v) is 7.87. The average molecular weight is 400 g/mol. The molecule has 7 heteroatoms. The number of benzene rings is 2. The summed E-state index contributed by atoms with van der Waals surface area (Å²) in [5.74, 6) is -1.85. The van der Waals surface area contributed by atoms with E-state index in [0.29, 0.717) is 0 Å². The molecule has 0 fully saturated rings. The molecule has 0 aliphatic carbocycles. The molecular formula is C17H16BrF2NO3. The van der Waals surface area contributed by atoms with E-state index in [-0.39, 0.29) is 21.7 Å². The van der Waals surface area contributed by atoms with Gasteiger partial charge in [-0.15, -0.1) is 0 Å². The van der Waals surface area contributed by atoms with Crippen molar-refractivity contribution in [3.05, 3.63) is 52.5 Å². The van der Waals surface area contributed by atoms with E-state index in [4.69, 9.17) is 9.47 Å². The summed E-state index contributed by atoms with van der Waals surface area (Å²) in [5.41, 5.74) is -0.860. The molecule has 0 saturated heterocycles. The van der Waals surface area contributed by atoms with Crippen molar-refractivity contribution in [2.24, 2.45) is 0 Å². The van der Waals surface area contributed by atoms with Crippen LogP contribution in [0.1, 0.15) is 20.8 Å². The van der Waals surface area contributed by atoms with Crippen LogP contribution in [0.2, 0.25) is 0 Å². The molecule has 0 radical (unpaired) electrons. The van der Waals surface area contributed by atoms with Crippen LogP contribution in [-0.2, 0) is 4.74 Å².